The maximum atomic E-state index is 13.2. The maximum Gasteiger partial charge on any atom is 0.191 e. The van der Waals surface area contributed by atoms with E-state index < -0.39 is 11.6 Å². The third-order valence-corrected chi connectivity index (χ3v) is 3.79. The Balaban J connectivity index is 0.00000338. The molecule has 1 aliphatic rings. The van der Waals surface area contributed by atoms with Crippen molar-refractivity contribution >= 4 is 29.9 Å². The molecule has 26 heavy (non-hydrogen) atoms. The van der Waals surface area contributed by atoms with Gasteiger partial charge < -0.3 is 20.1 Å². The van der Waals surface area contributed by atoms with Crippen molar-refractivity contribution in [1.82, 2.24) is 10.6 Å². The van der Waals surface area contributed by atoms with Gasteiger partial charge in [-0.25, -0.2) is 8.78 Å². The molecule has 0 saturated carbocycles. The Morgan fingerprint density at radius 1 is 1.27 bits per heavy atom. The fourth-order valence-corrected chi connectivity index (χ4v) is 2.57. The molecule has 2 rings (SSSR count). The fourth-order valence-electron chi connectivity index (χ4n) is 2.57. The predicted molar refractivity (Wildman–Crippen MR) is 109 cm³/mol. The Morgan fingerprint density at radius 2 is 2.04 bits per heavy atom. The van der Waals surface area contributed by atoms with Crippen molar-refractivity contribution in [2.45, 2.75) is 32.3 Å². The third-order valence-electron chi connectivity index (χ3n) is 3.79. The van der Waals surface area contributed by atoms with Gasteiger partial charge in [0.15, 0.2) is 5.96 Å². The summed E-state index contributed by atoms with van der Waals surface area (Å²) in [4.78, 5) is 4.48. The van der Waals surface area contributed by atoms with Crippen molar-refractivity contribution in [1.29, 1.82) is 0 Å². The molecule has 5 nitrogen and oxygen atoms in total. The smallest absolute Gasteiger partial charge is 0.191 e. The van der Waals surface area contributed by atoms with Gasteiger partial charge in [0.25, 0.3) is 0 Å². The number of aliphatic imine (C=N–C) groups is 1. The molecule has 0 aliphatic carbocycles. The van der Waals surface area contributed by atoms with Crippen LogP contribution in [-0.4, -0.2) is 51.5 Å². The zero-order valence-electron chi connectivity index (χ0n) is 15.1. The van der Waals surface area contributed by atoms with Gasteiger partial charge in [-0.3, -0.25) is 4.99 Å². The summed E-state index contributed by atoms with van der Waals surface area (Å²) in [6.07, 6.45) is 2.54. The van der Waals surface area contributed by atoms with Gasteiger partial charge in [0, 0.05) is 38.9 Å². The number of halogens is 3. The SMILES string of the molecule is CCNC(=NCCCOC1CCOC1)NCCc1cc(F)cc(F)c1.I. The molecule has 1 atom stereocenters. The first-order valence-electron chi connectivity index (χ1n) is 8.84. The highest BCUT2D eigenvalue weighted by atomic mass is 127. The molecule has 1 aliphatic heterocycles. The van der Waals surface area contributed by atoms with Crippen molar-refractivity contribution in [3.63, 3.8) is 0 Å². The number of rotatable bonds is 9. The summed E-state index contributed by atoms with van der Waals surface area (Å²) in [7, 11) is 0. The molecule has 0 amide bonds. The van der Waals surface area contributed by atoms with Crippen LogP contribution < -0.4 is 10.6 Å². The molecule has 0 aromatic heterocycles. The number of hydrogen-bond acceptors (Lipinski definition) is 3. The lowest BCUT2D eigenvalue weighted by Gasteiger charge is -2.12. The second-order valence-corrected chi connectivity index (χ2v) is 5.93. The van der Waals surface area contributed by atoms with Crippen LogP contribution in [0.15, 0.2) is 23.2 Å². The van der Waals surface area contributed by atoms with E-state index in [-0.39, 0.29) is 30.1 Å². The molecular weight excluding hydrogens is 455 g/mol. The number of ether oxygens (including phenoxy) is 2. The van der Waals surface area contributed by atoms with E-state index in [0.29, 0.717) is 44.2 Å². The van der Waals surface area contributed by atoms with Gasteiger partial charge in [0.1, 0.15) is 11.6 Å². The van der Waals surface area contributed by atoms with Crippen molar-refractivity contribution in [3.8, 4) is 0 Å². The molecule has 0 bridgehead atoms. The van der Waals surface area contributed by atoms with Crippen molar-refractivity contribution in [3.05, 3.63) is 35.4 Å². The van der Waals surface area contributed by atoms with Crippen LogP contribution in [0.3, 0.4) is 0 Å². The van der Waals surface area contributed by atoms with E-state index >= 15 is 0 Å². The summed E-state index contributed by atoms with van der Waals surface area (Å²) in [6.45, 7) is 6.07. The lowest BCUT2D eigenvalue weighted by molar-refractivity contribution is 0.0424. The number of hydrogen-bond donors (Lipinski definition) is 2. The first kappa shape index (κ1) is 23.0. The molecule has 8 heteroatoms. The summed E-state index contributed by atoms with van der Waals surface area (Å²) < 4.78 is 37.3. The van der Waals surface area contributed by atoms with Gasteiger partial charge in [0.2, 0.25) is 0 Å². The first-order valence-corrected chi connectivity index (χ1v) is 8.84. The highest BCUT2D eigenvalue weighted by molar-refractivity contribution is 14.0. The molecule has 1 saturated heterocycles. The van der Waals surface area contributed by atoms with Crippen LogP contribution in [0.4, 0.5) is 8.78 Å². The van der Waals surface area contributed by atoms with E-state index in [0.717, 1.165) is 32.1 Å². The van der Waals surface area contributed by atoms with E-state index in [2.05, 4.69) is 15.6 Å². The van der Waals surface area contributed by atoms with Gasteiger partial charge in [-0.15, -0.1) is 24.0 Å². The van der Waals surface area contributed by atoms with Crippen molar-refractivity contribution in [2.24, 2.45) is 4.99 Å². The van der Waals surface area contributed by atoms with E-state index in [1.807, 2.05) is 6.92 Å². The molecule has 1 unspecified atom stereocenters. The van der Waals surface area contributed by atoms with Gasteiger partial charge in [-0.1, -0.05) is 0 Å². The number of nitrogens with zero attached hydrogens (tertiary/aromatic N) is 1. The minimum absolute atomic E-state index is 0. The highest BCUT2D eigenvalue weighted by Gasteiger charge is 2.15. The summed E-state index contributed by atoms with van der Waals surface area (Å²) in [5.41, 5.74) is 0.619. The number of benzene rings is 1. The topological polar surface area (TPSA) is 54.9 Å². The highest BCUT2D eigenvalue weighted by Crippen LogP contribution is 2.09. The van der Waals surface area contributed by atoms with Gasteiger partial charge >= 0.3 is 0 Å². The van der Waals surface area contributed by atoms with Crippen LogP contribution >= 0.6 is 24.0 Å². The molecule has 148 valence electrons. The third kappa shape index (κ3) is 9.09. The summed E-state index contributed by atoms with van der Waals surface area (Å²) in [5, 5.41) is 6.33. The number of guanidine groups is 1. The van der Waals surface area contributed by atoms with Crippen LogP contribution in [0.25, 0.3) is 0 Å². The molecule has 1 fully saturated rings. The van der Waals surface area contributed by atoms with Crippen molar-refractivity contribution < 1.29 is 18.3 Å². The van der Waals surface area contributed by atoms with Crippen LogP contribution in [0.1, 0.15) is 25.3 Å². The number of nitrogens with one attached hydrogen (secondary N) is 2. The van der Waals surface area contributed by atoms with Gasteiger partial charge in [-0.05, 0) is 43.9 Å². The average Bonchev–Trinajstić information content (AvgIpc) is 3.07. The van der Waals surface area contributed by atoms with E-state index in [1.54, 1.807) is 0 Å². The zero-order chi connectivity index (χ0) is 17.9. The molecule has 0 spiro atoms. The minimum Gasteiger partial charge on any atom is -0.379 e. The Hall–Kier alpha value is -1.00. The molecule has 1 aromatic carbocycles. The Bertz CT molecular complexity index is 535. The predicted octanol–water partition coefficient (Wildman–Crippen LogP) is 2.88. The first-order chi connectivity index (χ1) is 12.2. The molecule has 1 aromatic rings. The molecule has 2 N–H and O–H groups in total. The Labute approximate surface area is 171 Å². The van der Waals surface area contributed by atoms with Crippen LogP contribution in [0.2, 0.25) is 0 Å². The molecule has 0 radical (unpaired) electrons. The Kier molecular flexibility index (Phi) is 11.7. The molecule has 1 heterocycles. The Morgan fingerprint density at radius 3 is 2.69 bits per heavy atom. The monoisotopic (exact) mass is 483 g/mol. The van der Waals surface area contributed by atoms with Gasteiger partial charge in [0.05, 0.1) is 12.7 Å². The minimum atomic E-state index is -0.553. The van der Waals surface area contributed by atoms with Crippen LogP contribution in [0.5, 0.6) is 0 Å². The fraction of sp³-hybridized carbons (Fsp3) is 0.611. The zero-order valence-corrected chi connectivity index (χ0v) is 17.4. The van der Waals surface area contributed by atoms with E-state index in [9.17, 15) is 8.78 Å². The van der Waals surface area contributed by atoms with E-state index in [1.165, 1.54) is 12.1 Å². The second-order valence-electron chi connectivity index (χ2n) is 5.93. The average molecular weight is 483 g/mol. The lowest BCUT2D eigenvalue weighted by Crippen LogP contribution is -2.38. The normalized spacial score (nSPS) is 17.0. The second kappa shape index (κ2) is 13.2. The summed E-state index contributed by atoms with van der Waals surface area (Å²) in [5.74, 6) is -0.407. The quantitative estimate of drug-likeness (QED) is 0.246. The maximum absolute atomic E-state index is 13.2. The summed E-state index contributed by atoms with van der Waals surface area (Å²) in [6, 6.07) is 3.57. The van der Waals surface area contributed by atoms with Gasteiger partial charge in [-0.2, -0.15) is 0 Å². The van der Waals surface area contributed by atoms with E-state index in [4.69, 9.17) is 9.47 Å². The summed E-state index contributed by atoms with van der Waals surface area (Å²) >= 11 is 0. The molecular formula is C18H28F2IN3O2. The van der Waals surface area contributed by atoms with Crippen LogP contribution in [-0.2, 0) is 15.9 Å². The largest absolute Gasteiger partial charge is 0.379 e. The van der Waals surface area contributed by atoms with Crippen LogP contribution in [0, 0.1) is 11.6 Å². The lowest BCUT2D eigenvalue weighted by atomic mass is 10.1. The standard InChI is InChI=1S/C18H27F2N3O2.HI/c1-2-21-18(22-6-3-8-25-17-5-9-24-13-17)23-7-4-14-10-15(19)12-16(20)11-14;/h10-12,17H,2-9,13H2,1H3,(H2,21,22,23);1H. The van der Waals surface area contributed by atoms with Crippen molar-refractivity contribution in [2.75, 3.05) is 39.5 Å².